The SMILES string of the molecule is O=C(c1cc(F)ccc1F)c1cccc2ccsc12. The predicted octanol–water partition coefficient (Wildman–Crippen LogP) is 4.41. The lowest BCUT2D eigenvalue weighted by Gasteiger charge is -2.04. The van der Waals surface area contributed by atoms with Crippen molar-refractivity contribution in [3.8, 4) is 0 Å². The highest BCUT2D eigenvalue weighted by Gasteiger charge is 2.17. The molecular formula is C15H8F2OS. The van der Waals surface area contributed by atoms with Crippen molar-refractivity contribution in [2.24, 2.45) is 0 Å². The van der Waals surface area contributed by atoms with Gasteiger partial charge in [0.1, 0.15) is 11.6 Å². The smallest absolute Gasteiger partial charge is 0.197 e. The van der Waals surface area contributed by atoms with Crippen LogP contribution in [0.1, 0.15) is 15.9 Å². The molecule has 0 spiro atoms. The zero-order valence-corrected chi connectivity index (χ0v) is 10.5. The van der Waals surface area contributed by atoms with Crippen LogP contribution in [0.5, 0.6) is 0 Å². The van der Waals surface area contributed by atoms with Gasteiger partial charge >= 0.3 is 0 Å². The normalized spacial score (nSPS) is 10.8. The molecule has 1 aromatic heterocycles. The summed E-state index contributed by atoms with van der Waals surface area (Å²) in [5, 5.41) is 2.79. The molecule has 2 aromatic carbocycles. The Kier molecular flexibility index (Phi) is 2.87. The number of carbonyl (C=O) groups excluding carboxylic acids is 1. The van der Waals surface area contributed by atoms with Crippen LogP contribution in [-0.4, -0.2) is 5.78 Å². The largest absolute Gasteiger partial charge is 0.288 e. The monoisotopic (exact) mass is 274 g/mol. The molecule has 0 saturated carbocycles. The van der Waals surface area contributed by atoms with Crippen molar-refractivity contribution in [2.75, 3.05) is 0 Å². The summed E-state index contributed by atoms with van der Waals surface area (Å²) in [7, 11) is 0. The van der Waals surface area contributed by atoms with E-state index in [0.717, 1.165) is 28.3 Å². The van der Waals surface area contributed by atoms with Gasteiger partial charge in [0.25, 0.3) is 0 Å². The summed E-state index contributed by atoms with van der Waals surface area (Å²) in [6, 6.07) is 10.0. The van der Waals surface area contributed by atoms with Gasteiger partial charge in [-0.05, 0) is 41.1 Å². The summed E-state index contributed by atoms with van der Waals surface area (Å²) in [6.07, 6.45) is 0. The number of ketones is 1. The number of rotatable bonds is 2. The van der Waals surface area contributed by atoms with Crippen LogP contribution in [0.15, 0.2) is 47.8 Å². The lowest BCUT2D eigenvalue weighted by molar-refractivity contribution is 0.103. The molecule has 0 aliphatic carbocycles. The number of halogens is 2. The Hall–Kier alpha value is -2.07. The van der Waals surface area contributed by atoms with E-state index in [2.05, 4.69) is 0 Å². The molecule has 0 amide bonds. The van der Waals surface area contributed by atoms with Gasteiger partial charge in [0, 0.05) is 10.3 Å². The van der Waals surface area contributed by atoms with Gasteiger partial charge in [-0.2, -0.15) is 0 Å². The minimum absolute atomic E-state index is 0.235. The fraction of sp³-hybridized carbons (Fsp3) is 0. The van der Waals surface area contributed by atoms with E-state index in [0.29, 0.717) is 5.56 Å². The lowest BCUT2D eigenvalue weighted by atomic mass is 10.0. The first-order valence-electron chi connectivity index (χ1n) is 5.63. The van der Waals surface area contributed by atoms with Crippen molar-refractivity contribution in [3.05, 3.63) is 70.6 Å². The number of hydrogen-bond donors (Lipinski definition) is 0. The number of thiophene rings is 1. The molecule has 0 saturated heterocycles. The molecule has 0 unspecified atom stereocenters. The molecule has 3 rings (SSSR count). The van der Waals surface area contributed by atoms with Crippen LogP contribution < -0.4 is 0 Å². The molecule has 0 atom stereocenters. The highest BCUT2D eigenvalue weighted by atomic mass is 32.1. The second-order valence-electron chi connectivity index (χ2n) is 4.10. The first-order chi connectivity index (χ1) is 9.16. The maximum absolute atomic E-state index is 13.6. The molecule has 0 radical (unpaired) electrons. The molecule has 94 valence electrons. The van der Waals surface area contributed by atoms with Crippen molar-refractivity contribution in [3.63, 3.8) is 0 Å². The number of hydrogen-bond acceptors (Lipinski definition) is 2. The Morgan fingerprint density at radius 2 is 1.84 bits per heavy atom. The Labute approximate surface area is 112 Å². The van der Waals surface area contributed by atoms with Crippen LogP contribution in [0.4, 0.5) is 8.78 Å². The van der Waals surface area contributed by atoms with E-state index in [-0.39, 0.29) is 5.56 Å². The predicted molar refractivity (Wildman–Crippen MR) is 71.6 cm³/mol. The van der Waals surface area contributed by atoms with Crippen molar-refractivity contribution in [2.45, 2.75) is 0 Å². The zero-order valence-electron chi connectivity index (χ0n) is 9.69. The van der Waals surface area contributed by atoms with Gasteiger partial charge in [-0.3, -0.25) is 4.79 Å². The highest BCUT2D eigenvalue weighted by molar-refractivity contribution is 7.17. The van der Waals surface area contributed by atoms with Gasteiger partial charge in [-0.1, -0.05) is 12.1 Å². The van der Waals surface area contributed by atoms with Gasteiger partial charge in [0.2, 0.25) is 0 Å². The summed E-state index contributed by atoms with van der Waals surface area (Å²) in [5.74, 6) is -1.83. The highest BCUT2D eigenvalue weighted by Crippen LogP contribution is 2.27. The number of fused-ring (bicyclic) bond motifs is 1. The number of benzene rings is 2. The van der Waals surface area contributed by atoms with E-state index in [9.17, 15) is 13.6 Å². The van der Waals surface area contributed by atoms with Crippen molar-refractivity contribution in [1.82, 2.24) is 0 Å². The van der Waals surface area contributed by atoms with E-state index in [1.165, 1.54) is 11.3 Å². The average molecular weight is 274 g/mol. The second-order valence-corrected chi connectivity index (χ2v) is 5.01. The van der Waals surface area contributed by atoms with Crippen molar-refractivity contribution < 1.29 is 13.6 Å². The summed E-state index contributed by atoms with van der Waals surface area (Å²) < 4.78 is 27.6. The molecular weight excluding hydrogens is 266 g/mol. The maximum Gasteiger partial charge on any atom is 0.197 e. The molecule has 0 aliphatic rings. The van der Waals surface area contributed by atoms with Crippen LogP contribution in [0.2, 0.25) is 0 Å². The van der Waals surface area contributed by atoms with Gasteiger partial charge in [-0.25, -0.2) is 8.78 Å². The van der Waals surface area contributed by atoms with E-state index in [4.69, 9.17) is 0 Å². The Bertz CT molecular complexity index is 777. The maximum atomic E-state index is 13.6. The first kappa shape index (κ1) is 12.0. The molecule has 1 heterocycles. The fourth-order valence-corrected chi connectivity index (χ4v) is 2.90. The second kappa shape index (κ2) is 4.55. The minimum atomic E-state index is -0.708. The summed E-state index contributed by atoms with van der Waals surface area (Å²) >= 11 is 1.41. The van der Waals surface area contributed by atoms with Gasteiger partial charge in [-0.15, -0.1) is 11.3 Å². The van der Waals surface area contributed by atoms with Crippen LogP contribution in [0.3, 0.4) is 0 Å². The van der Waals surface area contributed by atoms with Crippen LogP contribution >= 0.6 is 11.3 Å². The molecule has 0 fully saturated rings. The third-order valence-electron chi connectivity index (χ3n) is 2.90. The van der Waals surface area contributed by atoms with E-state index < -0.39 is 17.4 Å². The minimum Gasteiger partial charge on any atom is -0.288 e. The van der Waals surface area contributed by atoms with Gasteiger partial charge in [0.15, 0.2) is 5.78 Å². The average Bonchev–Trinajstić information content (AvgIpc) is 2.89. The van der Waals surface area contributed by atoms with Gasteiger partial charge in [0.05, 0.1) is 5.56 Å². The summed E-state index contributed by atoms with van der Waals surface area (Å²) in [4.78, 5) is 12.3. The number of carbonyl (C=O) groups is 1. The standard InChI is InChI=1S/C15H8F2OS/c16-10-4-5-13(17)12(8-10)14(18)11-3-1-2-9-6-7-19-15(9)11/h1-8H. The summed E-state index contributed by atoms with van der Waals surface area (Å²) in [6.45, 7) is 0. The Balaban J connectivity index is 2.19. The van der Waals surface area contributed by atoms with Crippen LogP contribution in [0.25, 0.3) is 10.1 Å². The third kappa shape index (κ3) is 2.04. The zero-order chi connectivity index (χ0) is 13.4. The fourth-order valence-electron chi connectivity index (χ4n) is 1.99. The van der Waals surface area contributed by atoms with E-state index >= 15 is 0 Å². The molecule has 1 nitrogen and oxygen atoms in total. The Morgan fingerprint density at radius 1 is 1.00 bits per heavy atom. The van der Waals surface area contributed by atoms with E-state index in [1.54, 1.807) is 12.1 Å². The van der Waals surface area contributed by atoms with Gasteiger partial charge < -0.3 is 0 Å². The molecule has 3 aromatic rings. The summed E-state index contributed by atoms with van der Waals surface area (Å²) in [5.41, 5.74) is 0.165. The molecule has 19 heavy (non-hydrogen) atoms. The van der Waals surface area contributed by atoms with Crippen LogP contribution in [-0.2, 0) is 0 Å². The molecule has 0 bridgehead atoms. The molecule has 0 N–H and O–H groups in total. The quantitative estimate of drug-likeness (QED) is 0.633. The Morgan fingerprint density at radius 3 is 2.68 bits per heavy atom. The lowest BCUT2D eigenvalue weighted by Crippen LogP contribution is -2.05. The van der Waals surface area contributed by atoms with Crippen molar-refractivity contribution >= 4 is 27.2 Å². The van der Waals surface area contributed by atoms with Crippen LogP contribution in [0, 0.1) is 11.6 Å². The molecule has 0 aliphatic heterocycles. The third-order valence-corrected chi connectivity index (χ3v) is 3.86. The van der Waals surface area contributed by atoms with Crippen molar-refractivity contribution in [1.29, 1.82) is 0 Å². The molecule has 4 heteroatoms. The topological polar surface area (TPSA) is 17.1 Å². The first-order valence-corrected chi connectivity index (χ1v) is 6.51. The van der Waals surface area contributed by atoms with E-state index in [1.807, 2.05) is 17.5 Å².